The molecule has 0 saturated carbocycles. The first-order valence-corrected chi connectivity index (χ1v) is 6.72. The molecule has 0 aliphatic carbocycles. The van der Waals surface area contributed by atoms with Gasteiger partial charge >= 0.3 is 0 Å². The Kier molecular flexibility index (Phi) is 5.53. The minimum absolute atomic E-state index is 0.100. The van der Waals surface area contributed by atoms with Crippen LogP contribution in [0.5, 0.6) is 5.75 Å². The first-order valence-electron chi connectivity index (χ1n) is 6.72. The summed E-state index contributed by atoms with van der Waals surface area (Å²) < 4.78 is 10.3. The molecule has 21 heavy (non-hydrogen) atoms. The molecule has 0 radical (unpaired) electrons. The first-order chi connectivity index (χ1) is 10.2. The SMILES string of the molecule is COCCOc1ccc(NC(=O)C2CNC(=O)CN2)cc1. The number of carbonyl (C=O) groups is 2. The van der Waals surface area contributed by atoms with Crippen LogP contribution in [0.15, 0.2) is 24.3 Å². The smallest absolute Gasteiger partial charge is 0.243 e. The van der Waals surface area contributed by atoms with E-state index in [0.717, 1.165) is 0 Å². The van der Waals surface area contributed by atoms with Gasteiger partial charge in [-0.1, -0.05) is 0 Å². The summed E-state index contributed by atoms with van der Waals surface area (Å²) in [4.78, 5) is 23.0. The molecule has 1 aromatic rings. The summed E-state index contributed by atoms with van der Waals surface area (Å²) in [6.07, 6.45) is 0. The summed E-state index contributed by atoms with van der Waals surface area (Å²) in [6.45, 7) is 1.46. The van der Waals surface area contributed by atoms with Gasteiger partial charge in [0.05, 0.1) is 13.2 Å². The van der Waals surface area contributed by atoms with Gasteiger partial charge in [-0.2, -0.15) is 0 Å². The third kappa shape index (κ3) is 4.73. The van der Waals surface area contributed by atoms with E-state index in [2.05, 4.69) is 16.0 Å². The number of anilines is 1. The van der Waals surface area contributed by atoms with Gasteiger partial charge in [0.25, 0.3) is 0 Å². The number of rotatable bonds is 6. The molecule has 1 aliphatic heterocycles. The van der Waals surface area contributed by atoms with Crippen LogP contribution in [0.3, 0.4) is 0 Å². The Morgan fingerprint density at radius 1 is 1.33 bits per heavy atom. The highest BCUT2D eigenvalue weighted by Crippen LogP contribution is 2.15. The molecule has 7 nitrogen and oxygen atoms in total. The highest BCUT2D eigenvalue weighted by molar-refractivity contribution is 5.96. The third-order valence-electron chi connectivity index (χ3n) is 3.01. The van der Waals surface area contributed by atoms with E-state index >= 15 is 0 Å². The Labute approximate surface area is 123 Å². The molecular formula is C14H19N3O4. The lowest BCUT2D eigenvalue weighted by Gasteiger charge is -2.23. The van der Waals surface area contributed by atoms with Crippen molar-refractivity contribution in [3.63, 3.8) is 0 Å². The van der Waals surface area contributed by atoms with Crippen LogP contribution in [0.1, 0.15) is 0 Å². The molecule has 2 amide bonds. The maximum Gasteiger partial charge on any atom is 0.243 e. The van der Waals surface area contributed by atoms with E-state index in [9.17, 15) is 9.59 Å². The Bertz CT molecular complexity index is 479. The highest BCUT2D eigenvalue weighted by Gasteiger charge is 2.23. The fourth-order valence-electron chi connectivity index (χ4n) is 1.86. The molecular weight excluding hydrogens is 274 g/mol. The number of hydrogen-bond donors (Lipinski definition) is 3. The van der Waals surface area contributed by atoms with Gasteiger partial charge in [-0.25, -0.2) is 0 Å². The number of piperazine rings is 1. The lowest BCUT2D eigenvalue weighted by atomic mass is 10.2. The normalized spacial score (nSPS) is 18.0. The van der Waals surface area contributed by atoms with Gasteiger partial charge in [-0.3, -0.25) is 14.9 Å². The zero-order valence-electron chi connectivity index (χ0n) is 11.8. The van der Waals surface area contributed by atoms with Gasteiger partial charge in [0.15, 0.2) is 0 Å². The largest absolute Gasteiger partial charge is 0.491 e. The molecule has 2 rings (SSSR count). The topological polar surface area (TPSA) is 88.7 Å². The van der Waals surface area contributed by atoms with Gasteiger partial charge in [-0.05, 0) is 24.3 Å². The molecule has 0 bridgehead atoms. The second-order valence-corrected chi connectivity index (χ2v) is 4.59. The Morgan fingerprint density at radius 2 is 2.10 bits per heavy atom. The molecule has 1 unspecified atom stereocenters. The maximum absolute atomic E-state index is 12.0. The Balaban J connectivity index is 1.82. The average Bonchev–Trinajstić information content (AvgIpc) is 2.50. The van der Waals surface area contributed by atoms with E-state index in [1.54, 1.807) is 31.4 Å². The minimum Gasteiger partial charge on any atom is -0.491 e. The standard InChI is InChI=1S/C14H19N3O4/c1-20-6-7-21-11-4-2-10(3-5-11)17-14(19)12-8-16-13(18)9-15-12/h2-5,12,15H,6-9H2,1H3,(H,16,18)(H,17,19). The molecule has 114 valence electrons. The minimum atomic E-state index is -0.416. The predicted octanol–water partition coefficient (Wildman–Crippen LogP) is -0.262. The zero-order valence-corrected chi connectivity index (χ0v) is 11.8. The fraction of sp³-hybridized carbons (Fsp3) is 0.429. The number of carbonyl (C=O) groups excluding carboxylic acids is 2. The molecule has 1 aromatic carbocycles. The summed E-state index contributed by atoms with van der Waals surface area (Å²) in [5.74, 6) is 0.438. The first kappa shape index (κ1) is 15.3. The van der Waals surface area contributed by atoms with E-state index in [1.165, 1.54) is 0 Å². The predicted molar refractivity (Wildman–Crippen MR) is 77.2 cm³/mol. The van der Waals surface area contributed by atoms with Crippen molar-refractivity contribution >= 4 is 17.5 Å². The molecule has 1 heterocycles. The van der Waals surface area contributed by atoms with E-state index < -0.39 is 6.04 Å². The van der Waals surface area contributed by atoms with Crippen molar-refractivity contribution in [3.8, 4) is 5.75 Å². The second-order valence-electron chi connectivity index (χ2n) is 4.59. The van der Waals surface area contributed by atoms with E-state index in [1.807, 2.05) is 0 Å². The van der Waals surface area contributed by atoms with Crippen molar-refractivity contribution < 1.29 is 19.1 Å². The van der Waals surface area contributed by atoms with Crippen LogP contribution in [-0.2, 0) is 14.3 Å². The van der Waals surface area contributed by atoms with Gasteiger partial charge < -0.3 is 20.1 Å². The van der Waals surface area contributed by atoms with Crippen LogP contribution in [0.4, 0.5) is 5.69 Å². The van der Waals surface area contributed by atoms with Crippen molar-refractivity contribution in [2.45, 2.75) is 6.04 Å². The lowest BCUT2D eigenvalue weighted by molar-refractivity contribution is -0.124. The summed E-state index contributed by atoms with van der Waals surface area (Å²) in [7, 11) is 1.61. The number of hydrogen-bond acceptors (Lipinski definition) is 5. The van der Waals surface area contributed by atoms with Gasteiger partial charge in [0, 0.05) is 19.3 Å². The van der Waals surface area contributed by atoms with Crippen LogP contribution < -0.4 is 20.7 Å². The average molecular weight is 293 g/mol. The summed E-state index contributed by atoms with van der Waals surface area (Å²) in [5, 5.41) is 8.30. The molecule has 1 fully saturated rings. The number of methoxy groups -OCH3 is 1. The van der Waals surface area contributed by atoms with Crippen molar-refractivity contribution in [1.29, 1.82) is 0 Å². The number of ether oxygens (including phenoxy) is 2. The van der Waals surface area contributed by atoms with Crippen LogP contribution in [-0.4, -0.2) is 51.3 Å². The number of nitrogens with one attached hydrogen (secondary N) is 3. The van der Waals surface area contributed by atoms with Gasteiger partial charge in [-0.15, -0.1) is 0 Å². The highest BCUT2D eigenvalue weighted by atomic mass is 16.5. The zero-order chi connectivity index (χ0) is 15.1. The molecule has 0 aromatic heterocycles. The molecule has 1 saturated heterocycles. The van der Waals surface area contributed by atoms with Crippen LogP contribution in [0, 0.1) is 0 Å². The second kappa shape index (κ2) is 7.61. The van der Waals surface area contributed by atoms with Crippen molar-refractivity contribution in [1.82, 2.24) is 10.6 Å². The van der Waals surface area contributed by atoms with Crippen LogP contribution in [0.2, 0.25) is 0 Å². The third-order valence-corrected chi connectivity index (χ3v) is 3.01. The lowest BCUT2D eigenvalue weighted by Crippen LogP contribution is -2.56. The van der Waals surface area contributed by atoms with Crippen molar-refractivity contribution in [2.75, 3.05) is 38.7 Å². The van der Waals surface area contributed by atoms with E-state index in [4.69, 9.17) is 9.47 Å². The number of benzene rings is 1. The van der Waals surface area contributed by atoms with Crippen LogP contribution in [0.25, 0.3) is 0 Å². The van der Waals surface area contributed by atoms with E-state index in [0.29, 0.717) is 31.2 Å². The molecule has 1 aliphatic rings. The molecule has 1 atom stereocenters. The quantitative estimate of drug-likeness (QED) is 0.629. The molecule has 0 spiro atoms. The van der Waals surface area contributed by atoms with Crippen molar-refractivity contribution in [2.24, 2.45) is 0 Å². The number of amides is 2. The maximum atomic E-state index is 12.0. The fourth-order valence-corrected chi connectivity index (χ4v) is 1.86. The Hall–Kier alpha value is -2.12. The van der Waals surface area contributed by atoms with Gasteiger partial charge in [0.2, 0.25) is 11.8 Å². The van der Waals surface area contributed by atoms with E-state index in [-0.39, 0.29) is 18.4 Å². The summed E-state index contributed by atoms with van der Waals surface area (Å²) >= 11 is 0. The van der Waals surface area contributed by atoms with Gasteiger partial charge in [0.1, 0.15) is 18.4 Å². The summed E-state index contributed by atoms with van der Waals surface area (Å²) in [6, 6.07) is 6.67. The molecule has 3 N–H and O–H groups in total. The Morgan fingerprint density at radius 3 is 2.71 bits per heavy atom. The summed E-state index contributed by atoms with van der Waals surface area (Å²) in [5.41, 5.74) is 0.679. The molecule has 7 heteroatoms. The van der Waals surface area contributed by atoms with Crippen molar-refractivity contribution in [3.05, 3.63) is 24.3 Å². The van der Waals surface area contributed by atoms with Crippen LogP contribution >= 0.6 is 0 Å². The monoisotopic (exact) mass is 293 g/mol.